The Kier molecular flexibility index (Phi) is 14.1. The first-order valence-corrected chi connectivity index (χ1v) is 35.1. The van der Waals surface area contributed by atoms with E-state index in [1.807, 2.05) is 121 Å². The highest BCUT2D eigenvalue weighted by Gasteiger charge is 2.50. The molecule has 0 saturated heterocycles. The third-order valence-electron chi connectivity index (χ3n) is 17.4. The normalized spacial score (nSPS) is 14.8. The SMILES string of the molecule is CN(/N=C\c1c2ccccc2cc2ccccc12)P1(N(C)/N=C\c2c3ccccc3cc3ccccc23)=NP(N(C)/N=C/c2c3ccccc3cc3ccccc23)(N(C)/N=C/c2c3ccccc3cc3ccccc23)=NP2(=N1)Oc1ccccc1-c1ccccc1O2. The number of para-hydroxylation sites is 2. The van der Waals surface area contributed by atoms with Crippen molar-refractivity contribution in [2.45, 2.75) is 0 Å². The molecule has 0 saturated carbocycles. The Morgan fingerprint density at radius 3 is 0.750 bits per heavy atom. The van der Waals surface area contributed by atoms with Crippen LogP contribution in [0.15, 0.2) is 301 Å². The lowest BCUT2D eigenvalue weighted by molar-refractivity contribution is 0.457. The second-order valence-electron chi connectivity index (χ2n) is 22.9. The Labute approximate surface area is 532 Å². The maximum absolute atomic E-state index is 7.63. The van der Waals surface area contributed by atoms with Crippen LogP contribution in [0.1, 0.15) is 22.3 Å². The van der Waals surface area contributed by atoms with Crippen molar-refractivity contribution in [3.8, 4) is 22.6 Å². The summed E-state index contributed by atoms with van der Waals surface area (Å²) in [7, 11) is -4.44. The second kappa shape index (κ2) is 23.0. The van der Waals surface area contributed by atoms with Gasteiger partial charge >= 0.3 is 22.7 Å². The van der Waals surface area contributed by atoms with E-state index >= 15 is 0 Å². The van der Waals surface area contributed by atoms with Crippen molar-refractivity contribution < 1.29 is 9.05 Å². The van der Waals surface area contributed by atoms with Gasteiger partial charge in [-0.2, -0.15) is 24.9 Å². The van der Waals surface area contributed by atoms with E-state index in [0.29, 0.717) is 11.5 Å². The predicted octanol–water partition coefficient (Wildman–Crippen LogP) is 21.1. The van der Waals surface area contributed by atoms with Gasteiger partial charge in [0.2, 0.25) is 0 Å². The summed E-state index contributed by atoms with van der Waals surface area (Å²) >= 11 is 0. The summed E-state index contributed by atoms with van der Waals surface area (Å²) in [6.07, 6.45) is 7.74. The molecule has 0 radical (unpaired) electrons. The van der Waals surface area contributed by atoms with Crippen LogP contribution in [0.3, 0.4) is 0 Å². The number of hydrogen-bond donors (Lipinski definition) is 0. The van der Waals surface area contributed by atoms with Crippen molar-refractivity contribution in [2.24, 2.45) is 34.0 Å². The minimum atomic E-state index is -4.15. The van der Waals surface area contributed by atoms with Crippen LogP contribution in [0.25, 0.3) is 97.3 Å². The Morgan fingerprint density at radius 2 is 0.489 bits per heavy atom. The molecule has 0 unspecified atom stereocenters. The number of nitrogens with zero attached hydrogens (tertiary/aromatic N) is 11. The molecule has 446 valence electrons. The van der Waals surface area contributed by atoms with Gasteiger partial charge in [-0.3, -0.25) is 0 Å². The molecule has 0 atom stereocenters. The first kappa shape index (κ1) is 56.6. The van der Waals surface area contributed by atoms with Gasteiger partial charge in [-0.15, -0.1) is 9.03 Å². The van der Waals surface area contributed by atoms with Crippen LogP contribution in [0.2, 0.25) is 0 Å². The van der Waals surface area contributed by atoms with Gasteiger partial charge in [0.1, 0.15) is 11.5 Å². The Hall–Kier alpha value is -10.7. The summed E-state index contributed by atoms with van der Waals surface area (Å²) in [6, 6.07) is 92.2. The van der Waals surface area contributed by atoms with Gasteiger partial charge in [0.25, 0.3) is 0 Å². The molecule has 0 N–H and O–H groups in total. The Bertz CT molecular complexity index is 4850. The highest BCUT2D eigenvalue weighted by atomic mass is 31.3. The van der Waals surface area contributed by atoms with Crippen LogP contribution in [-0.2, 0) is 0 Å². The third-order valence-corrected chi connectivity index (χ3v) is 27.5. The molecule has 0 aliphatic carbocycles. The van der Waals surface area contributed by atoms with E-state index in [2.05, 4.69) is 218 Å². The summed E-state index contributed by atoms with van der Waals surface area (Å²) in [5, 5.41) is 39.3. The summed E-state index contributed by atoms with van der Waals surface area (Å²) in [5.74, 6) is 1.08. The standard InChI is InChI=1S/C76H60N11O2P3/c1-84(77-49-71-61-33-13-5-25-53(61)45-54-26-6-14-34-62(54)71)90(85(2)78-50-72-63-35-15-7-27-55(63)46-56-28-8-16-36-64(56)72)81-91(83-92(82-90)88-75-43-23-21-41-69(75)70-42-22-24-44-76(70)89-92,86(3)79-51-73-65-37-17-9-29-57(65)47-58-30-10-18-38-66(58)73)87(4)80-52-74-67-39-19-11-31-59(67)48-60-32-12-20-40-68(60)74/h5-52H,1-4H3/b77-49-,78-50-,79-51+,80-52+. The van der Waals surface area contributed by atoms with E-state index in [1.54, 1.807) is 0 Å². The molecule has 16 rings (SSSR count). The van der Waals surface area contributed by atoms with E-state index in [4.69, 9.17) is 43.0 Å². The van der Waals surface area contributed by atoms with E-state index in [9.17, 15) is 0 Å². The van der Waals surface area contributed by atoms with Crippen LogP contribution in [0.5, 0.6) is 11.5 Å². The van der Waals surface area contributed by atoms with Crippen LogP contribution >= 0.6 is 22.7 Å². The third kappa shape index (κ3) is 9.76. The van der Waals surface area contributed by atoms with E-state index < -0.39 is 22.7 Å². The van der Waals surface area contributed by atoms with E-state index in [1.165, 1.54) is 0 Å². The topological polar surface area (TPSA) is 118 Å². The molecule has 14 aromatic carbocycles. The fraction of sp³-hybridized carbons (Fsp3) is 0.0526. The minimum Gasteiger partial charge on any atom is -0.413 e. The van der Waals surface area contributed by atoms with Crippen LogP contribution in [0, 0.1) is 0 Å². The summed E-state index contributed by atoms with van der Waals surface area (Å²) < 4.78 is 41.1. The molecular weight excluding hydrogens is 1190 g/mol. The predicted molar refractivity (Wildman–Crippen MR) is 388 cm³/mol. The van der Waals surface area contributed by atoms with Gasteiger partial charge in [-0.05, 0) is 123 Å². The fourth-order valence-electron chi connectivity index (χ4n) is 12.8. The smallest absolute Gasteiger partial charge is 0.413 e. The number of fused-ring (bicyclic) bond motifs is 11. The van der Waals surface area contributed by atoms with Crippen molar-refractivity contribution in [1.82, 2.24) is 19.1 Å². The van der Waals surface area contributed by atoms with Crippen LogP contribution < -0.4 is 9.05 Å². The molecule has 0 bridgehead atoms. The molecule has 16 heteroatoms. The van der Waals surface area contributed by atoms with Gasteiger partial charge in [0.15, 0.2) is 0 Å². The monoisotopic (exact) mass is 1250 g/mol. The maximum Gasteiger partial charge on any atom is 0.455 e. The molecule has 13 nitrogen and oxygen atoms in total. The molecule has 92 heavy (non-hydrogen) atoms. The number of hydrogen-bond acceptors (Lipinski definition) is 13. The highest BCUT2D eigenvalue weighted by molar-refractivity contribution is 7.81. The van der Waals surface area contributed by atoms with Crippen molar-refractivity contribution in [2.75, 3.05) is 28.2 Å². The van der Waals surface area contributed by atoms with Crippen LogP contribution in [0.4, 0.5) is 0 Å². The number of benzene rings is 14. The van der Waals surface area contributed by atoms with Gasteiger partial charge < -0.3 is 9.05 Å². The Morgan fingerprint density at radius 1 is 0.272 bits per heavy atom. The quantitative estimate of drug-likeness (QED) is 0.0520. The van der Waals surface area contributed by atoms with Gasteiger partial charge in [-0.25, -0.2) is 19.1 Å². The van der Waals surface area contributed by atoms with Crippen LogP contribution in [-0.4, -0.2) is 72.2 Å². The lowest BCUT2D eigenvalue weighted by Crippen LogP contribution is -2.26. The highest BCUT2D eigenvalue weighted by Crippen LogP contribution is 2.82. The zero-order chi connectivity index (χ0) is 62.0. The Balaban J connectivity index is 1.02. The molecule has 14 aromatic rings. The zero-order valence-electron chi connectivity index (χ0n) is 50.8. The molecule has 2 aliphatic rings. The van der Waals surface area contributed by atoms with Gasteiger partial charge in [0.05, 0.1) is 24.9 Å². The second-order valence-corrected chi connectivity index (χ2v) is 30.8. The maximum atomic E-state index is 7.63. The summed E-state index contributed by atoms with van der Waals surface area (Å²) in [4.78, 5) is 0. The average molecular weight is 1250 g/mol. The van der Waals surface area contributed by atoms with Gasteiger partial charge in [-0.1, -0.05) is 231 Å². The lowest BCUT2D eigenvalue weighted by atomic mass is 9.97. The minimum absolute atomic E-state index is 0.542. The largest absolute Gasteiger partial charge is 0.455 e. The molecule has 0 fully saturated rings. The first-order chi connectivity index (χ1) is 45.1. The van der Waals surface area contributed by atoms with Crippen molar-refractivity contribution in [3.05, 3.63) is 289 Å². The molecular formula is C76H60N11O2P3. The average Bonchev–Trinajstić information content (AvgIpc) is 1.21. The van der Waals surface area contributed by atoms with E-state index in [0.717, 1.165) is 120 Å². The lowest BCUT2D eigenvalue weighted by Gasteiger charge is -2.42. The molecule has 1 spiro atoms. The van der Waals surface area contributed by atoms with Crippen molar-refractivity contribution >= 4 is 134 Å². The first-order valence-electron chi connectivity index (χ1n) is 30.4. The van der Waals surface area contributed by atoms with Crippen molar-refractivity contribution in [1.29, 1.82) is 0 Å². The summed E-state index contributed by atoms with van der Waals surface area (Å²) in [5.41, 5.74) is 5.38. The van der Waals surface area contributed by atoms with E-state index in [-0.39, 0.29) is 0 Å². The molecule has 2 heterocycles. The molecule has 2 aliphatic heterocycles. The van der Waals surface area contributed by atoms with Gasteiger partial charge in [0, 0.05) is 61.6 Å². The molecule has 0 amide bonds. The number of rotatable bonds is 12. The zero-order valence-corrected chi connectivity index (χ0v) is 53.5. The summed E-state index contributed by atoms with van der Waals surface area (Å²) in [6.45, 7) is 0. The van der Waals surface area contributed by atoms with Crippen molar-refractivity contribution in [3.63, 3.8) is 0 Å². The fourth-order valence-corrected chi connectivity index (χ4v) is 24.6. The molecule has 0 aromatic heterocycles. The number of hydrazone groups is 4.